The molecule has 2 aromatic rings. The fraction of sp³-hybridized carbons (Fsp3) is 0.214. The standard InChI is InChI=1S/C14H12BrNO2/c1-8(15)9-4-5-12-11(7-9)13(17)10-3-2-6-16-14(10)18-12/h2-8,13,17H,1H3. The van der Waals surface area contributed by atoms with Gasteiger partial charge < -0.3 is 9.84 Å². The van der Waals surface area contributed by atoms with E-state index in [1.807, 2.05) is 31.2 Å². The zero-order chi connectivity index (χ0) is 12.7. The largest absolute Gasteiger partial charge is 0.438 e. The Kier molecular flexibility index (Phi) is 2.84. The first-order chi connectivity index (χ1) is 8.66. The summed E-state index contributed by atoms with van der Waals surface area (Å²) in [4.78, 5) is 4.38. The molecule has 4 heteroatoms. The second kappa shape index (κ2) is 4.37. The van der Waals surface area contributed by atoms with Crippen molar-refractivity contribution in [1.82, 2.24) is 4.98 Å². The van der Waals surface area contributed by atoms with E-state index >= 15 is 0 Å². The average molecular weight is 306 g/mol. The van der Waals surface area contributed by atoms with Crippen molar-refractivity contribution in [3.63, 3.8) is 0 Å². The van der Waals surface area contributed by atoms with Crippen molar-refractivity contribution in [3.05, 3.63) is 53.2 Å². The molecule has 1 aromatic carbocycles. The summed E-state index contributed by atoms with van der Waals surface area (Å²) in [6, 6.07) is 9.46. The Hall–Kier alpha value is -1.39. The Labute approximate surface area is 114 Å². The van der Waals surface area contributed by atoms with E-state index in [-0.39, 0.29) is 4.83 Å². The topological polar surface area (TPSA) is 42.4 Å². The van der Waals surface area contributed by atoms with E-state index in [1.54, 1.807) is 12.3 Å². The third kappa shape index (κ3) is 1.82. The highest BCUT2D eigenvalue weighted by Gasteiger charge is 2.26. The van der Waals surface area contributed by atoms with Crippen LogP contribution < -0.4 is 4.74 Å². The summed E-state index contributed by atoms with van der Waals surface area (Å²) in [5.41, 5.74) is 2.62. The lowest BCUT2D eigenvalue weighted by molar-refractivity contribution is 0.201. The molecule has 1 aliphatic rings. The van der Waals surface area contributed by atoms with Crippen LogP contribution in [0.1, 0.15) is 34.5 Å². The first-order valence-electron chi connectivity index (χ1n) is 5.75. The van der Waals surface area contributed by atoms with Crippen LogP contribution >= 0.6 is 15.9 Å². The number of alkyl halides is 1. The van der Waals surface area contributed by atoms with E-state index < -0.39 is 6.10 Å². The molecule has 0 spiro atoms. The molecule has 0 saturated carbocycles. The highest BCUT2D eigenvalue weighted by Crippen LogP contribution is 2.42. The van der Waals surface area contributed by atoms with Gasteiger partial charge in [-0.2, -0.15) is 0 Å². The first kappa shape index (κ1) is 11.7. The lowest BCUT2D eigenvalue weighted by Gasteiger charge is -2.24. The van der Waals surface area contributed by atoms with Gasteiger partial charge in [0.2, 0.25) is 5.88 Å². The van der Waals surface area contributed by atoms with Gasteiger partial charge in [-0.25, -0.2) is 4.98 Å². The summed E-state index contributed by atoms with van der Waals surface area (Å²) in [5.74, 6) is 1.16. The average Bonchev–Trinajstić information content (AvgIpc) is 2.38. The number of fused-ring (bicyclic) bond motifs is 2. The van der Waals surface area contributed by atoms with E-state index in [2.05, 4.69) is 20.9 Å². The molecule has 18 heavy (non-hydrogen) atoms. The smallest absolute Gasteiger partial charge is 0.225 e. The molecule has 0 radical (unpaired) electrons. The predicted molar refractivity (Wildman–Crippen MR) is 72.2 cm³/mol. The molecule has 3 rings (SSSR count). The third-order valence-electron chi connectivity index (χ3n) is 3.09. The number of pyridine rings is 1. The Morgan fingerprint density at radius 3 is 2.94 bits per heavy atom. The van der Waals surface area contributed by atoms with Crippen molar-refractivity contribution in [2.45, 2.75) is 17.9 Å². The van der Waals surface area contributed by atoms with Crippen molar-refractivity contribution in [1.29, 1.82) is 0 Å². The van der Waals surface area contributed by atoms with Gasteiger partial charge in [0.15, 0.2) is 0 Å². The van der Waals surface area contributed by atoms with Crippen LogP contribution in [-0.4, -0.2) is 10.1 Å². The number of aliphatic hydroxyl groups is 1. The second-order valence-electron chi connectivity index (χ2n) is 4.32. The minimum absolute atomic E-state index is 0.241. The lowest BCUT2D eigenvalue weighted by Crippen LogP contribution is -2.11. The van der Waals surface area contributed by atoms with Crippen molar-refractivity contribution in [2.75, 3.05) is 0 Å². The van der Waals surface area contributed by atoms with Gasteiger partial charge in [-0.1, -0.05) is 22.0 Å². The maximum atomic E-state index is 10.4. The minimum Gasteiger partial charge on any atom is -0.438 e. The fourth-order valence-electron chi connectivity index (χ4n) is 2.09. The molecule has 0 saturated heterocycles. The number of halogens is 1. The van der Waals surface area contributed by atoms with Gasteiger partial charge in [0.25, 0.3) is 0 Å². The fourth-order valence-corrected chi connectivity index (χ4v) is 2.37. The zero-order valence-electron chi connectivity index (χ0n) is 9.80. The van der Waals surface area contributed by atoms with E-state index in [0.717, 1.165) is 11.1 Å². The van der Waals surface area contributed by atoms with Crippen molar-refractivity contribution >= 4 is 15.9 Å². The van der Waals surface area contributed by atoms with E-state index in [0.29, 0.717) is 17.2 Å². The molecule has 2 heterocycles. The van der Waals surface area contributed by atoms with Gasteiger partial charge in [0.05, 0.1) is 0 Å². The van der Waals surface area contributed by atoms with Crippen LogP contribution in [-0.2, 0) is 0 Å². The molecule has 3 nitrogen and oxygen atoms in total. The van der Waals surface area contributed by atoms with Gasteiger partial charge in [-0.3, -0.25) is 0 Å². The van der Waals surface area contributed by atoms with Gasteiger partial charge >= 0.3 is 0 Å². The summed E-state index contributed by atoms with van der Waals surface area (Å²) in [5, 5.41) is 10.4. The summed E-state index contributed by atoms with van der Waals surface area (Å²) >= 11 is 3.53. The summed E-state index contributed by atoms with van der Waals surface area (Å²) in [6.45, 7) is 2.05. The molecule has 1 N–H and O–H groups in total. The molecule has 0 fully saturated rings. The van der Waals surface area contributed by atoms with Gasteiger partial charge in [-0.15, -0.1) is 0 Å². The van der Waals surface area contributed by atoms with Crippen LogP contribution in [0.4, 0.5) is 0 Å². The Balaban J connectivity index is 2.11. The predicted octanol–water partition coefficient (Wildman–Crippen LogP) is 3.72. The first-order valence-corrected chi connectivity index (χ1v) is 6.67. The number of ether oxygens (including phenoxy) is 1. The molecule has 92 valence electrons. The molecule has 0 amide bonds. The maximum Gasteiger partial charge on any atom is 0.225 e. The number of hydrogen-bond acceptors (Lipinski definition) is 3. The summed E-state index contributed by atoms with van der Waals surface area (Å²) in [7, 11) is 0. The molecular weight excluding hydrogens is 294 g/mol. The normalized spacial score (nSPS) is 18.5. The number of aliphatic hydroxyl groups excluding tert-OH is 1. The van der Waals surface area contributed by atoms with Crippen molar-refractivity contribution in [3.8, 4) is 11.6 Å². The van der Waals surface area contributed by atoms with Crippen LogP contribution in [0.2, 0.25) is 0 Å². The van der Waals surface area contributed by atoms with Gasteiger partial charge in [-0.05, 0) is 36.8 Å². The molecule has 2 atom stereocenters. The summed E-state index contributed by atoms with van der Waals surface area (Å²) in [6.07, 6.45) is 0.981. The molecule has 1 aromatic heterocycles. The van der Waals surface area contributed by atoms with Crippen LogP contribution in [0.3, 0.4) is 0 Å². The molecular formula is C14H12BrNO2. The highest BCUT2D eigenvalue weighted by atomic mass is 79.9. The molecule has 1 aliphatic heterocycles. The molecule has 0 aliphatic carbocycles. The monoisotopic (exact) mass is 305 g/mol. The Morgan fingerprint density at radius 2 is 2.17 bits per heavy atom. The number of nitrogens with zero attached hydrogens (tertiary/aromatic N) is 1. The SMILES string of the molecule is CC(Br)c1ccc2c(c1)C(O)c1cccnc1O2. The Bertz CT molecular complexity index is 598. The number of aromatic nitrogens is 1. The van der Waals surface area contributed by atoms with E-state index in [4.69, 9.17) is 4.74 Å². The van der Waals surface area contributed by atoms with Crippen LogP contribution in [0.15, 0.2) is 36.5 Å². The van der Waals surface area contributed by atoms with Crippen LogP contribution in [0, 0.1) is 0 Å². The minimum atomic E-state index is -0.677. The van der Waals surface area contributed by atoms with E-state index in [1.165, 1.54) is 0 Å². The number of rotatable bonds is 1. The highest BCUT2D eigenvalue weighted by molar-refractivity contribution is 9.09. The van der Waals surface area contributed by atoms with Crippen molar-refractivity contribution in [2.24, 2.45) is 0 Å². The van der Waals surface area contributed by atoms with Gasteiger partial charge in [0, 0.05) is 22.2 Å². The van der Waals surface area contributed by atoms with Crippen LogP contribution in [0.25, 0.3) is 0 Å². The lowest BCUT2D eigenvalue weighted by atomic mass is 9.97. The van der Waals surface area contributed by atoms with Crippen molar-refractivity contribution < 1.29 is 9.84 Å². The molecule has 2 unspecified atom stereocenters. The van der Waals surface area contributed by atoms with Gasteiger partial charge in [0.1, 0.15) is 11.9 Å². The maximum absolute atomic E-state index is 10.4. The Morgan fingerprint density at radius 1 is 1.33 bits per heavy atom. The quantitative estimate of drug-likeness (QED) is 0.816. The zero-order valence-corrected chi connectivity index (χ0v) is 11.4. The molecule has 0 bridgehead atoms. The second-order valence-corrected chi connectivity index (χ2v) is 5.69. The number of benzene rings is 1. The number of hydrogen-bond donors (Lipinski definition) is 1. The van der Waals surface area contributed by atoms with E-state index in [9.17, 15) is 5.11 Å². The summed E-state index contributed by atoms with van der Waals surface area (Å²) < 4.78 is 5.70. The third-order valence-corrected chi connectivity index (χ3v) is 3.62. The van der Waals surface area contributed by atoms with Crippen LogP contribution in [0.5, 0.6) is 11.6 Å².